The monoisotopic (exact) mass is 454 g/mol. The molecule has 0 unspecified atom stereocenters. The molecule has 6 N–H and O–H groups in total. The molecule has 3 aromatic rings. The summed E-state index contributed by atoms with van der Waals surface area (Å²) in [6, 6.07) is 12.0. The van der Waals surface area contributed by atoms with Crippen LogP contribution in [0.4, 0.5) is 15.3 Å². The molecule has 10 heteroatoms. The van der Waals surface area contributed by atoms with Crippen molar-refractivity contribution in [2.75, 3.05) is 11.9 Å². The molecule has 0 bridgehead atoms. The average molecular weight is 455 g/mol. The number of likely N-dealkylation sites (tertiary alicyclic amines) is 1. The number of hydrogen-bond acceptors (Lipinski definition) is 4. The first-order valence-corrected chi connectivity index (χ1v) is 10.5. The Kier molecular flexibility index (Phi) is 6.02. The summed E-state index contributed by atoms with van der Waals surface area (Å²) in [4.78, 5) is 39.0. The van der Waals surface area contributed by atoms with Gasteiger partial charge in [-0.05, 0) is 30.2 Å². The Balaban J connectivity index is 1.48. The summed E-state index contributed by atoms with van der Waals surface area (Å²) >= 11 is 5.89. The summed E-state index contributed by atoms with van der Waals surface area (Å²) in [6.07, 6.45) is 1.82. The summed E-state index contributed by atoms with van der Waals surface area (Å²) in [5.74, 6) is -0.289. The van der Waals surface area contributed by atoms with E-state index in [1.807, 2.05) is 12.1 Å². The van der Waals surface area contributed by atoms with E-state index in [1.54, 1.807) is 36.4 Å². The van der Waals surface area contributed by atoms with Crippen molar-refractivity contribution in [3.8, 4) is 0 Å². The Morgan fingerprint density at radius 3 is 2.53 bits per heavy atom. The van der Waals surface area contributed by atoms with Crippen molar-refractivity contribution in [2.24, 2.45) is 11.5 Å². The highest BCUT2D eigenvalue weighted by molar-refractivity contribution is 6.30. The molecule has 0 radical (unpaired) electrons. The standard InChI is InChI=1S/C22H23ClN6O3/c23-14-7-5-13(6-8-14)10-26-20(30)19-9-15(24)11-29(19)22(32)27-17-12-28(21(25)31)18-4-2-1-3-16(17)18/h1-8,12,15,19H,9-11,24H2,(H2,25,31)(H,26,30)(H,27,32)/t15-,19-/m0/s1. The zero-order valence-electron chi connectivity index (χ0n) is 17.1. The largest absolute Gasteiger partial charge is 0.351 e. The number of halogens is 1. The first-order valence-electron chi connectivity index (χ1n) is 10.1. The highest BCUT2D eigenvalue weighted by atomic mass is 35.5. The van der Waals surface area contributed by atoms with Gasteiger partial charge in [-0.1, -0.05) is 41.9 Å². The number of benzene rings is 2. The zero-order chi connectivity index (χ0) is 22.8. The number of nitrogens with zero attached hydrogens (tertiary/aromatic N) is 2. The first-order chi connectivity index (χ1) is 15.3. The number of aromatic nitrogens is 1. The number of carbonyl (C=O) groups excluding carboxylic acids is 3. The second-order valence-electron chi connectivity index (χ2n) is 7.71. The Labute approximate surface area is 189 Å². The highest BCUT2D eigenvalue weighted by Gasteiger charge is 2.38. The van der Waals surface area contributed by atoms with E-state index in [1.165, 1.54) is 15.7 Å². The van der Waals surface area contributed by atoms with Crippen LogP contribution in [0, 0.1) is 0 Å². The van der Waals surface area contributed by atoms with Crippen LogP contribution in [0.25, 0.3) is 10.9 Å². The lowest BCUT2D eigenvalue weighted by atomic mass is 10.1. The SMILES string of the molecule is NC(=O)n1cc(NC(=O)N2C[C@@H](N)C[C@H]2C(=O)NCc2ccc(Cl)cc2)c2ccccc21. The lowest BCUT2D eigenvalue weighted by Crippen LogP contribution is -2.47. The minimum Gasteiger partial charge on any atom is -0.351 e. The van der Waals surface area contributed by atoms with Crippen molar-refractivity contribution in [3.63, 3.8) is 0 Å². The van der Waals surface area contributed by atoms with Crippen molar-refractivity contribution in [1.29, 1.82) is 0 Å². The number of anilines is 1. The molecule has 4 rings (SSSR count). The average Bonchev–Trinajstić information content (AvgIpc) is 3.34. The van der Waals surface area contributed by atoms with Crippen LogP contribution in [0.5, 0.6) is 0 Å². The summed E-state index contributed by atoms with van der Waals surface area (Å²) in [5.41, 5.74) is 13.4. The summed E-state index contributed by atoms with van der Waals surface area (Å²) < 4.78 is 1.26. The minimum atomic E-state index is -0.707. The summed E-state index contributed by atoms with van der Waals surface area (Å²) in [7, 11) is 0. The fourth-order valence-corrected chi connectivity index (χ4v) is 4.03. The summed E-state index contributed by atoms with van der Waals surface area (Å²) in [6.45, 7) is 0.544. The Hall–Kier alpha value is -3.56. The van der Waals surface area contributed by atoms with Crippen molar-refractivity contribution in [1.82, 2.24) is 14.8 Å². The lowest BCUT2D eigenvalue weighted by Gasteiger charge is -2.24. The molecule has 2 aromatic carbocycles. The van der Waals surface area contributed by atoms with Crippen LogP contribution in [0.1, 0.15) is 12.0 Å². The van der Waals surface area contributed by atoms with Crippen LogP contribution in [0.3, 0.4) is 0 Å². The molecule has 0 saturated carbocycles. The maximum absolute atomic E-state index is 13.0. The molecule has 2 heterocycles. The second-order valence-corrected chi connectivity index (χ2v) is 8.14. The first kappa shape index (κ1) is 21.7. The molecule has 2 atom stereocenters. The van der Waals surface area contributed by atoms with Gasteiger partial charge in [0.05, 0.1) is 11.2 Å². The zero-order valence-corrected chi connectivity index (χ0v) is 17.9. The van der Waals surface area contributed by atoms with Crippen molar-refractivity contribution < 1.29 is 14.4 Å². The van der Waals surface area contributed by atoms with E-state index >= 15 is 0 Å². The van der Waals surface area contributed by atoms with Gasteiger partial charge in [-0.25, -0.2) is 9.59 Å². The van der Waals surface area contributed by atoms with Crippen molar-refractivity contribution in [2.45, 2.75) is 25.0 Å². The van der Waals surface area contributed by atoms with Gasteiger partial charge in [-0.3, -0.25) is 9.36 Å². The number of nitrogens with one attached hydrogen (secondary N) is 2. The number of amides is 4. The molecule has 1 fully saturated rings. The Morgan fingerprint density at radius 2 is 1.81 bits per heavy atom. The number of primary amides is 1. The van der Waals surface area contributed by atoms with Crippen LogP contribution >= 0.6 is 11.6 Å². The van der Waals surface area contributed by atoms with Crippen LogP contribution in [0.2, 0.25) is 5.02 Å². The molecule has 0 spiro atoms. The van der Waals surface area contributed by atoms with Crippen LogP contribution in [-0.2, 0) is 11.3 Å². The molecule has 1 aliphatic rings. The van der Waals surface area contributed by atoms with Gasteiger partial charge in [0.25, 0.3) is 0 Å². The summed E-state index contributed by atoms with van der Waals surface area (Å²) in [5, 5.41) is 6.92. The number of nitrogens with two attached hydrogens (primary N) is 2. The molecule has 1 saturated heterocycles. The third kappa shape index (κ3) is 4.39. The third-order valence-electron chi connectivity index (χ3n) is 5.47. The topological polar surface area (TPSA) is 135 Å². The fourth-order valence-electron chi connectivity index (χ4n) is 3.90. The number of fused-ring (bicyclic) bond motifs is 1. The van der Waals surface area contributed by atoms with E-state index in [9.17, 15) is 14.4 Å². The normalized spacial score (nSPS) is 18.0. The molecule has 32 heavy (non-hydrogen) atoms. The van der Waals surface area contributed by atoms with Gasteiger partial charge in [0.1, 0.15) is 6.04 Å². The molecule has 166 valence electrons. The highest BCUT2D eigenvalue weighted by Crippen LogP contribution is 2.27. The molecular weight excluding hydrogens is 432 g/mol. The predicted octanol–water partition coefficient (Wildman–Crippen LogP) is 2.47. The quantitative estimate of drug-likeness (QED) is 0.481. The van der Waals surface area contributed by atoms with Gasteiger partial charge in [-0.15, -0.1) is 0 Å². The van der Waals surface area contributed by atoms with E-state index in [0.29, 0.717) is 34.6 Å². The van der Waals surface area contributed by atoms with E-state index in [2.05, 4.69) is 10.6 Å². The maximum atomic E-state index is 13.0. The van der Waals surface area contributed by atoms with Crippen LogP contribution in [0.15, 0.2) is 54.7 Å². The van der Waals surface area contributed by atoms with Crippen molar-refractivity contribution >= 4 is 46.2 Å². The number of rotatable bonds is 4. The second kappa shape index (κ2) is 8.89. The molecule has 9 nitrogen and oxygen atoms in total. The van der Waals surface area contributed by atoms with Crippen LogP contribution < -0.4 is 22.1 Å². The van der Waals surface area contributed by atoms with Crippen molar-refractivity contribution in [3.05, 3.63) is 65.3 Å². The number of hydrogen-bond donors (Lipinski definition) is 4. The minimum absolute atomic E-state index is 0.235. The Morgan fingerprint density at radius 1 is 1.09 bits per heavy atom. The van der Waals surface area contributed by atoms with Crippen LogP contribution in [-0.4, -0.2) is 46.1 Å². The number of para-hydroxylation sites is 1. The smallest absolute Gasteiger partial charge is 0.323 e. The third-order valence-corrected chi connectivity index (χ3v) is 5.72. The molecule has 4 amide bonds. The van der Waals surface area contributed by atoms with E-state index in [0.717, 1.165) is 5.56 Å². The Bertz CT molecular complexity index is 1180. The van der Waals surface area contributed by atoms with Gasteiger partial charge < -0.3 is 27.0 Å². The van der Waals surface area contributed by atoms with Gasteiger partial charge in [-0.2, -0.15) is 0 Å². The van der Waals surface area contributed by atoms with Gasteiger partial charge in [0.2, 0.25) is 5.91 Å². The van der Waals surface area contributed by atoms with Gasteiger partial charge in [0.15, 0.2) is 0 Å². The maximum Gasteiger partial charge on any atom is 0.323 e. The van der Waals surface area contributed by atoms with Gasteiger partial charge >= 0.3 is 12.1 Å². The van der Waals surface area contributed by atoms with E-state index < -0.39 is 18.1 Å². The fraction of sp³-hybridized carbons (Fsp3) is 0.227. The molecule has 1 aromatic heterocycles. The molecular formula is C22H23ClN6O3. The van der Waals surface area contributed by atoms with E-state index in [-0.39, 0.29) is 18.5 Å². The molecule has 0 aliphatic carbocycles. The number of urea groups is 1. The van der Waals surface area contributed by atoms with E-state index in [4.69, 9.17) is 23.1 Å². The van der Waals surface area contributed by atoms with Gasteiger partial charge in [0, 0.05) is 35.7 Å². The molecule has 1 aliphatic heterocycles. The lowest BCUT2D eigenvalue weighted by molar-refractivity contribution is -0.124. The number of carbonyl (C=O) groups is 3. The predicted molar refractivity (Wildman–Crippen MR) is 122 cm³/mol.